The van der Waals surface area contributed by atoms with Crippen molar-refractivity contribution in [1.29, 1.82) is 0 Å². The van der Waals surface area contributed by atoms with E-state index in [-0.39, 0.29) is 5.41 Å². The van der Waals surface area contributed by atoms with Crippen molar-refractivity contribution in [2.75, 3.05) is 5.88 Å². The highest BCUT2D eigenvalue weighted by atomic mass is 35.5. The van der Waals surface area contributed by atoms with Crippen LogP contribution in [0.5, 0.6) is 0 Å². The van der Waals surface area contributed by atoms with Crippen molar-refractivity contribution in [3.63, 3.8) is 0 Å². The zero-order chi connectivity index (χ0) is 12.2. The lowest BCUT2D eigenvalue weighted by molar-refractivity contribution is 0.243. The molecule has 0 bridgehead atoms. The zero-order valence-corrected chi connectivity index (χ0v) is 11.3. The van der Waals surface area contributed by atoms with E-state index < -0.39 is 0 Å². The maximum absolute atomic E-state index is 5.61. The maximum Gasteiger partial charge on any atom is 0.216 e. The van der Waals surface area contributed by atoms with Gasteiger partial charge in [0.1, 0.15) is 0 Å². The molecule has 16 heavy (non-hydrogen) atoms. The van der Waals surface area contributed by atoms with E-state index in [9.17, 15) is 0 Å². The van der Waals surface area contributed by atoms with Gasteiger partial charge in [-0.1, -0.05) is 27.7 Å². The molecule has 0 radical (unpaired) electrons. The van der Waals surface area contributed by atoms with Crippen molar-refractivity contribution in [2.24, 2.45) is 11.3 Å². The Kier molecular flexibility index (Phi) is 4.78. The topological polar surface area (TPSA) is 38.9 Å². The maximum atomic E-state index is 5.61. The van der Waals surface area contributed by atoms with Crippen LogP contribution in [-0.2, 0) is 12.8 Å². The van der Waals surface area contributed by atoms with Crippen LogP contribution in [0.3, 0.4) is 0 Å². The SMILES string of the molecule is CC(Cc1nnc(CCCCl)o1)C(C)(C)C. The first kappa shape index (κ1) is 13.5. The molecule has 0 spiro atoms. The summed E-state index contributed by atoms with van der Waals surface area (Å²) >= 11 is 5.61. The van der Waals surface area contributed by atoms with Crippen molar-refractivity contribution in [2.45, 2.75) is 47.0 Å². The Morgan fingerprint density at radius 2 is 1.88 bits per heavy atom. The van der Waals surface area contributed by atoms with E-state index in [2.05, 4.69) is 37.9 Å². The van der Waals surface area contributed by atoms with E-state index in [1.54, 1.807) is 0 Å². The van der Waals surface area contributed by atoms with Gasteiger partial charge < -0.3 is 4.42 Å². The summed E-state index contributed by atoms with van der Waals surface area (Å²) in [6.07, 6.45) is 2.51. The minimum Gasteiger partial charge on any atom is -0.425 e. The highest BCUT2D eigenvalue weighted by Crippen LogP contribution is 2.28. The second-order valence-electron chi connectivity index (χ2n) is 5.35. The van der Waals surface area contributed by atoms with Gasteiger partial charge in [0.25, 0.3) is 0 Å². The van der Waals surface area contributed by atoms with Crippen LogP contribution in [0.4, 0.5) is 0 Å². The molecule has 0 aliphatic heterocycles. The molecule has 1 unspecified atom stereocenters. The second kappa shape index (κ2) is 5.67. The van der Waals surface area contributed by atoms with Crippen LogP contribution in [0, 0.1) is 11.3 Å². The minimum atomic E-state index is 0.269. The summed E-state index contributed by atoms with van der Waals surface area (Å²) in [5, 5.41) is 8.08. The molecule has 1 rings (SSSR count). The number of aromatic nitrogens is 2. The van der Waals surface area contributed by atoms with E-state index in [4.69, 9.17) is 16.0 Å². The van der Waals surface area contributed by atoms with Gasteiger partial charge in [-0.3, -0.25) is 0 Å². The molecule has 0 amide bonds. The molecule has 0 fully saturated rings. The Morgan fingerprint density at radius 3 is 2.44 bits per heavy atom. The van der Waals surface area contributed by atoms with Gasteiger partial charge in [-0.25, -0.2) is 0 Å². The number of aryl methyl sites for hydroxylation is 1. The van der Waals surface area contributed by atoms with Crippen molar-refractivity contribution in [3.8, 4) is 0 Å². The van der Waals surface area contributed by atoms with Crippen LogP contribution in [0.2, 0.25) is 0 Å². The fourth-order valence-electron chi connectivity index (χ4n) is 1.26. The fraction of sp³-hybridized carbons (Fsp3) is 0.833. The van der Waals surface area contributed by atoms with Gasteiger partial charge in [0, 0.05) is 18.7 Å². The van der Waals surface area contributed by atoms with Crippen LogP contribution < -0.4 is 0 Å². The first-order valence-electron chi connectivity index (χ1n) is 5.80. The fourth-order valence-corrected chi connectivity index (χ4v) is 1.39. The smallest absolute Gasteiger partial charge is 0.216 e. The largest absolute Gasteiger partial charge is 0.425 e. The van der Waals surface area contributed by atoms with Crippen molar-refractivity contribution < 1.29 is 4.42 Å². The number of alkyl halides is 1. The van der Waals surface area contributed by atoms with Crippen molar-refractivity contribution >= 4 is 11.6 Å². The second-order valence-corrected chi connectivity index (χ2v) is 5.73. The van der Waals surface area contributed by atoms with Crippen molar-refractivity contribution in [1.82, 2.24) is 10.2 Å². The zero-order valence-electron chi connectivity index (χ0n) is 10.6. The van der Waals surface area contributed by atoms with E-state index in [1.165, 1.54) is 0 Å². The number of rotatable bonds is 5. The van der Waals surface area contributed by atoms with Crippen molar-refractivity contribution in [3.05, 3.63) is 11.8 Å². The molecule has 0 N–H and O–H groups in total. The molecule has 4 heteroatoms. The van der Waals surface area contributed by atoms with Gasteiger partial charge in [0.05, 0.1) is 0 Å². The number of hydrogen-bond donors (Lipinski definition) is 0. The lowest BCUT2D eigenvalue weighted by Crippen LogP contribution is -2.19. The molecule has 1 atom stereocenters. The average Bonchev–Trinajstić information content (AvgIpc) is 2.61. The highest BCUT2D eigenvalue weighted by Gasteiger charge is 2.22. The molecule has 0 saturated carbocycles. The highest BCUT2D eigenvalue weighted by molar-refractivity contribution is 6.17. The third-order valence-corrected chi connectivity index (χ3v) is 3.26. The summed E-state index contributed by atoms with van der Waals surface area (Å²) in [6.45, 7) is 8.88. The molecule has 1 aromatic heterocycles. The first-order chi connectivity index (χ1) is 7.43. The van der Waals surface area contributed by atoms with Gasteiger partial charge in [-0.2, -0.15) is 0 Å². The predicted octanol–water partition coefficient (Wildman–Crippen LogP) is 3.47. The van der Waals surface area contributed by atoms with Gasteiger partial charge in [-0.05, 0) is 17.8 Å². The molecular weight excluding hydrogens is 224 g/mol. The van der Waals surface area contributed by atoms with Crippen LogP contribution in [0.15, 0.2) is 4.42 Å². The van der Waals surface area contributed by atoms with E-state index >= 15 is 0 Å². The summed E-state index contributed by atoms with van der Waals surface area (Å²) in [5.41, 5.74) is 0.269. The number of halogens is 1. The number of nitrogens with zero attached hydrogens (tertiary/aromatic N) is 2. The van der Waals surface area contributed by atoms with E-state index in [0.29, 0.717) is 17.7 Å². The van der Waals surface area contributed by atoms with E-state index in [0.717, 1.165) is 25.2 Å². The molecule has 0 aliphatic carbocycles. The summed E-state index contributed by atoms with van der Waals surface area (Å²) in [6, 6.07) is 0. The molecule has 1 aromatic rings. The predicted molar refractivity (Wildman–Crippen MR) is 65.7 cm³/mol. The molecule has 1 heterocycles. The summed E-state index contributed by atoms with van der Waals surface area (Å²) in [7, 11) is 0. The Labute approximate surface area is 103 Å². The monoisotopic (exact) mass is 244 g/mol. The number of hydrogen-bond acceptors (Lipinski definition) is 3. The van der Waals surface area contributed by atoms with Crippen LogP contribution in [0.1, 0.15) is 45.9 Å². The minimum absolute atomic E-state index is 0.269. The Bertz CT molecular complexity index is 317. The first-order valence-corrected chi connectivity index (χ1v) is 6.34. The van der Waals surface area contributed by atoms with Crippen LogP contribution in [-0.4, -0.2) is 16.1 Å². The lowest BCUT2D eigenvalue weighted by Gasteiger charge is -2.25. The third kappa shape index (κ3) is 4.12. The molecule has 0 saturated heterocycles. The molecule has 92 valence electrons. The molecule has 0 aliphatic rings. The van der Waals surface area contributed by atoms with E-state index in [1.807, 2.05) is 0 Å². The Hall–Kier alpha value is -0.570. The van der Waals surface area contributed by atoms with Gasteiger partial charge >= 0.3 is 0 Å². The summed E-state index contributed by atoms with van der Waals surface area (Å²) in [5.74, 6) is 2.61. The molecule has 3 nitrogen and oxygen atoms in total. The normalized spacial score (nSPS) is 14.1. The quantitative estimate of drug-likeness (QED) is 0.745. The lowest BCUT2D eigenvalue weighted by atomic mass is 9.80. The van der Waals surface area contributed by atoms with Crippen LogP contribution >= 0.6 is 11.6 Å². The third-order valence-electron chi connectivity index (χ3n) is 2.99. The standard InChI is InChI=1S/C12H21ClN2O/c1-9(12(2,3)4)8-11-15-14-10(16-11)6-5-7-13/h9H,5-8H2,1-4H3. The molecular formula is C12H21ClN2O. The molecule has 0 aromatic carbocycles. The Morgan fingerprint density at radius 1 is 1.25 bits per heavy atom. The van der Waals surface area contributed by atoms with Gasteiger partial charge in [0.15, 0.2) is 0 Å². The van der Waals surface area contributed by atoms with Gasteiger partial charge in [-0.15, -0.1) is 21.8 Å². The van der Waals surface area contributed by atoms with Gasteiger partial charge in [0.2, 0.25) is 11.8 Å². The average molecular weight is 245 g/mol. The summed E-state index contributed by atoms with van der Waals surface area (Å²) < 4.78 is 5.57. The Balaban J connectivity index is 2.52. The van der Waals surface area contributed by atoms with Crippen LogP contribution in [0.25, 0.3) is 0 Å². The summed E-state index contributed by atoms with van der Waals surface area (Å²) in [4.78, 5) is 0.